The molecule has 94 valence electrons. The van der Waals surface area contributed by atoms with Gasteiger partial charge in [0.1, 0.15) is 11.6 Å². The molecule has 0 saturated carbocycles. The smallest absolute Gasteiger partial charge is 0.348 e. The second kappa shape index (κ2) is 5.83. The van der Waals surface area contributed by atoms with Crippen molar-refractivity contribution in [3.63, 3.8) is 0 Å². The molecule has 1 aliphatic rings. The first-order valence-electron chi connectivity index (χ1n) is 5.91. The van der Waals surface area contributed by atoms with Crippen molar-refractivity contribution in [3.05, 3.63) is 11.6 Å². The molecule has 1 fully saturated rings. The van der Waals surface area contributed by atoms with Gasteiger partial charge in [0.25, 0.3) is 0 Å². The predicted octanol–water partition coefficient (Wildman–Crippen LogP) is 2.20. The zero-order valence-electron chi connectivity index (χ0n) is 10.7. The Bertz CT molecular complexity index is 352. The molecule has 1 rings (SSSR count). The summed E-state index contributed by atoms with van der Waals surface area (Å²) in [5.74, 6) is -0.322. The minimum Gasteiger partial charge on any atom is -0.462 e. The van der Waals surface area contributed by atoms with Gasteiger partial charge < -0.3 is 9.47 Å². The Balaban J connectivity index is 2.72. The molecule has 17 heavy (non-hydrogen) atoms. The van der Waals surface area contributed by atoms with Gasteiger partial charge in [-0.05, 0) is 39.5 Å². The van der Waals surface area contributed by atoms with Crippen LogP contribution in [-0.4, -0.2) is 24.8 Å². The molecule has 0 unspecified atom stereocenters. The van der Waals surface area contributed by atoms with E-state index in [0.29, 0.717) is 6.61 Å². The van der Waals surface area contributed by atoms with Gasteiger partial charge in [-0.25, -0.2) is 4.79 Å². The molecule has 0 amide bonds. The van der Waals surface area contributed by atoms with Crippen molar-refractivity contribution >= 4 is 5.97 Å². The van der Waals surface area contributed by atoms with E-state index in [4.69, 9.17) is 14.7 Å². The van der Waals surface area contributed by atoms with Crippen molar-refractivity contribution in [2.75, 3.05) is 13.2 Å². The van der Waals surface area contributed by atoms with Gasteiger partial charge in [0.15, 0.2) is 0 Å². The van der Waals surface area contributed by atoms with Gasteiger partial charge in [0.2, 0.25) is 0 Å². The molecule has 0 aromatic heterocycles. The van der Waals surface area contributed by atoms with Crippen LogP contribution in [0.5, 0.6) is 0 Å². The molecule has 0 aromatic rings. The van der Waals surface area contributed by atoms with Gasteiger partial charge in [0.05, 0.1) is 12.2 Å². The van der Waals surface area contributed by atoms with Gasteiger partial charge >= 0.3 is 5.97 Å². The first kappa shape index (κ1) is 13.7. The van der Waals surface area contributed by atoms with Crippen LogP contribution in [0.1, 0.15) is 33.6 Å². The maximum atomic E-state index is 11.5. The third-order valence-corrected chi connectivity index (χ3v) is 2.75. The van der Waals surface area contributed by atoms with Crippen molar-refractivity contribution in [1.82, 2.24) is 0 Å². The highest BCUT2D eigenvalue weighted by atomic mass is 16.5. The summed E-state index contributed by atoms with van der Waals surface area (Å²) in [4.78, 5) is 11.5. The second-order valence-electron chi connectivity index (χ2n) is 4.77. The van der Waals surface area contributed by atoms with E-state index in [1.165, 1.54) is 0 Å². The number of carbonyl (C=O) groups excluding carboxylic acids is 1. The fourth-order valence-corrected chi connectivity index (χ4v) is 2.02. The topological polar surface area (TPSA) is 59.3 Å². The van der Waals surface area contributed by atoms with Crippen molar-refractivity contribution in [2.24, 2.45) is 5.92 Å². The predicted molar refractivity (Wildman–Crippen MR) is 63.1 cm³/mol. The highest BCUT2D eigenvalue weighted by Gasteiger charge is 2.28. The number of esters is 1. The van der Waals surface area contributed by atoms with Crippen LogP contribution in [0.15, 0.2) is 11.6 Å². The molecule has 0 aromatic carbocycles. The van der Waals surface area contributed by atoms with Gasteiger partial charge in [-0.2, -0.15) is 5.26 Å². The number of ether oxygens (including phenoxy) is 2. The Morgan fingerprint density at radius 1 is 1.65 bits per heavy atom. The zero-order chi connectivity index (χ0) is 12.9. The fourth-order valence-electron chi connectivity index (χ4n) is 2.02. The Kier molecular flexibility index (Phi) is 4.71. The highest BCUT2D eigenvalue weighted by molar-refractivity contribution is 5.92. The normalized spacial score (nSPS) is 23.9. The van der Waals surface area contributed by atoms with Crippen LogP contribution in [0.25, 0.3) is 0 Å². The number of nitriles is 1. The quantitative estimate of drug-likeness (QED) is 0.429. The zero-order valence-corrected chi connectivity index (χ0v) is 10.7. The van der Waals surface area contributed by atoms with E-state index >= 15 is 0 Å². The minimum atomic E-state index is -0.528. The average Bonchev–Trinajstić information content (AvgIpc) is 2.24. The molecule has 1 aliphatic heterocycles. The third-order valence-electron chi connectivity index (χ3n) is 2.75. The van der Waals surface area contributed by atoms with Gasteiger partial charge in [-0.15, -0.1) is 0 Å². The van der Waals surface area contributed by atoms with Crippen molar-refractivity contribution < 1.29 is 14.3 Å². The first-order chi connectivity index (χ1) is 7.98. The Morgan fingerprint density at radius 2 is 2.35 bits per heavy atom. The monoisotopic (exact) mass is 237 g/mol. The summed E-state index contributed by atoms with van der Waals surface area (Å²) < 4.78 is 10.4. The molecule has 4 heteroatoms. The standard InChI is InChI=1S/C13H19NO3/c1-4-16-12(15)11(9-14)7-10-5-6-17-13(2,3)8-10/h7,10H,4-6,8H2,1-3H3/b11-7+/t10-/m0/s1. The summed E-state index contributed by atoms with van der Waals surface area (Å²) >= 11 is 0. The van der Waals surface area contributed by atoms with E-state index < -0.39 is 5.97 Å². The van der Waals surface area contributed by atoms with Crippen LogP contribution in [-0.2, 0) is 14.3 Å². The molecular formula is C13H19NO3. The molecule has 1 atom stereocenters. The largest absolute Gasteiger partial charge is 0.462 e. The Labute approximate surface area is 102 Å². The molecule has 0 spiro atoms. The number of hydrogen-bond donors (Lipinski definition) is 0. The molecule has 0 N–H and O–H groups in total. The molecule has 0 bridgehead atoms. The average molecular weight is 237 g/mol. The number of carbonyl (C=O) groups is 1. The molecule has 4 nitrogen and oxygen atoms in total. The van der Waals surface area contributed by atoms with Gasteiger partial charge in [-0.1, -0.05) is 6.08 Å². The number of hydrogen-bond acceptors (Lipinski definition) is 4. The summed E-state index contributed by atoms with van der Waals surface area (Å²) in [6.07, 6.45) is 3.38. The Hall–Kier alpha value is -1.34. The molecule has 1 heterocycles. The lowest BCUT2D eigenvalue weighted by atomic mass is 9.87. The number of rotatable bonds is 3. The van der Waals surface area contributed by atoms with E-state index in [1.54, 1.807) is 13.0 Å². The van der Waals surface area contributed by atoms with Crippen LogP contribution in [0, 0.1) is 17.2 Å². The molecule has 0 aliphatic carbocycles. The van der Waals surface area contributed by atoms with E-state index in [0.717, 1.165) is 12.8 Å². The molecular weight excluding hydrogens is 218 g/mol. The lowest BCUT2D eigenvalue weighted by Crippen LogP contribution is -2.33. The van der Waals surface area contributed by atoms with Crippen LogP contribution in [0.2, 0.25) is 0 Å². The summed E-state index contributed by atoms with van der Waals surface area (Å²) in [6, 6.07) is 1.91. The van der Waals surface area contributed by atoms with Crippen LogP contribution < -0.4 is 0 Å². The SMILES string of the molecule is CCOC(=O)/C(C#N)=C/[C@@H]1CCOC(C)(C)C1. The maximum absolute atomic E-state index is 11.5. The molecule has 1 saturated heterocycles. The number of nitrogens with zero attached hydrogens (tertiary/aromatic N) is 1. The Morgan fingerprint density at radius 3 is 2.88 bits per heavy atom. The fraction of sp³-hybridized carbons (Fsp3) is 0.692. The maximum Gasteiger partial charge on any atom is 0.348 e. The highest BCUT2D eigenvalue weighted by Crippen LogP contribution is 2.30. The first-order valence-corrected chi connectivity index (χ1v) is 5.91. The van der Waals surface area contributed by atoms with Crippen LogP contribution in [0.3, 0.4) is 0 Å². The van der Waals surface area contributed by atoms with E-state index in [1.807, 2.05) is 19.9 Å². The van der Waals surface area contributed by atoms with Crippen molar-refractivity contribution in [2.45, 2.75) is 39.2 Å². The van der Waals surface area contributed by atoms with E-state index in [-0.39, 0.29) is 23.7 Å². The molecule has 0 radical (unpaired) electrons. The third kappa shape index (κ3) is 4.20. The van der Waals surface area contributed by atoms with Crippen LogP contribution in [0.4, 0.5) is 0 Å². The van der Waals surface area contributed by atoms with Gasteiger partial charge in [-0.3, -0.25) is 0 Å². The van der Waals surface area contributed by atoms with Crippen molar-refractivity contribution in [1.29, 1.82) is 5.26 Å². The minimum absolute atomic E-state index is 0.106. The lowest BCUT2D eigenvalue weighted by molar-refractivity contribution is -0.138. The number of allylic oxidation sites excluding steroid dienone is 1. The van der Waals surface area contributed by atoms with Crippen molar-refractivity contribution in [3.8, 4) is 6.07 Å². The summed E-state index contributed by atoms with van der Waals surface area (Å²) in [7, 11) is 0. The summed E-state index contributed by atoms with van der Waals surface area (Å²) in [5, 5.41) is 8.93. The van der Waals surface area contributed by atoms with E-state index in [2.05, 4.69) is 0 Å². The summed E-state index contributed by atoms with van der Waals surface area (Å²) in [5.41, 5.74) is -0.0798. The van der Waals surface area contributed by atoms with E-state index in [9.17, 15) is 4.79 Å². The second-order valence-corrected chi connectivity index (χ2v) is 4.77. The summed E-state index contributed by atoms with van der Waals surface area (Å²) in [6.45, 7) is 6.71. The lowest BCUT2D eigenvalue weighted by Gasteiger charge is -2.34. The van der Waals surface area contributed by atoms with Gasteiger partial charge in [0, 0.05) is 6.61 Å². The van der Waals surface area contributed by atoms with Crippen LogP contribution >= 0.6 is 0 Å².